The van der Waals surface area contributed by atoms with Crippen molar-refractivity contribution in [2.75, 3.05) is 0 Å². The summed E-state index contributed by atoms with van der Waals surface area (Å²) in [6, 6.07) is 6.28. The summed E-state index contributed by atoms with van der Waals surface area (Å²) in [6.45, 7) is 3.59. The van der Waals surface area contributed by atoms with E-state index in [0.717, 1.165) is 17.5 Å². The molecule has 4 rings (SSSR count). The topological polar surface area (TPSA) is 64.6 Å². The van der Waals surface area contributed by atoms with Gasteiger partial charge in [0.05, 0.1) is 17.6 Å². The first-order chi connectivity index (χ1) is 11.0. The molecule has 23 heavy (non-hydrogen) atoms. The Morgan fingerprint density at radius 1 is 1.04 bits per heavy atom. The zero-order chi connectivity index (χ0) is 16.1. The maximum Gasteiger partial charge on any atom is 0.258 e. The number of pyridine rings is 1. The van der Waals surface area contributed by atoms with Gasteiger partial charge < -0.3 is 0 Å². The van der Waals surface area contributed by atoms with Crippen molar-refractivity contribution >= 4 is 11.3 Å². The van der Waals surface area contributed by atoms with E-state index in [4.69, 9.17) is 0 Å². The van der Waals surface area contributed by atoms with E-state index in [9.17, 15) is 9.18 Å². The lowest BCUT2D eigenvalue weighted by molar-refractivity contribution is 0.616. The normalized spacial score (nSPS) is 11.4. The maximum atomic E-state index is 13.5. The number of hydrogen-bond acceptors (Lipinski definition) is 4. The second kappa shape index (κ2) is 4.70. The van der Waals surface area contributed by atoms with Crippen LogP contribution in [0.1, 0.15) is 11.3 Å². The second-order valence-electron chi connectivity index (χ2n) is 5.42. The maximum absolute atomic E-state index is 13.5. The minimum absolute atomic E-state index is 0.351. The average Bonchev–Trinajstić information content (AvgIpc) is 2.87. The number of hydrogen-bond donors (Lipinski definition) is 0. The Morgan fingerprint density at radius 2 is 1.87 bits per heavy atom. The molecule has 0 aromatic carbocycles. The standard InChI is InChI=1S/C16H12FN5O/c1-9-5-11(17)8-21-15(23)6-13(19-16(9)21)12-3-4-14-18-10(2)7-22(14)20-12/h3-8H,1-2H3. The zero-order valence-corrected chi connectivity index (χ0v) is 12.5. The van der Waals surface area contributed by atoms with Crippen LogP contribution in [0.4, 0.5) is 4.39 Å². The summed E-state index contributed by atoms with van der Waals surface area (Å²) in [5.74, 6) is -0.472. The lowest BCUT2D eigenvalue weighted by atomic mass is 10.2. The highest BCUT2D eigenvalue weighted by Gasteiger charge is 2.10. The van der Waals surface area contributed by atoms with Gasteiger partial charge in [-0.25, -0.2) is 18.9 Å². The van der Waals surface area contributed by atoms with Crippen LogP contribution in [0.5, 0.6) is 0 Å². The molecule has 0 atom stereocenters. The first-order valence-corrected chi connectivity index (χ1v) is 7.04. The van der Waals surface area contributed by atoms with Crippen LogP contribution in [0.25, 0.3) is 22.7 Å². The van der Waals surface area contributed by atoms with Crippen molar-refractivity contribution in [3.8, 4) is 11.4 Å². The highest BCUT2D eigenvalue weighted by atomic mass is 19.1. The van der Waals surface area contributed by atoms with E-state index in [1.807, 2.05) is 13.0 Å². The molecule has 4 aromatic heterocycles. The summed E-state index contributed by atoms with van der Waals surface area (Å²) in [7, 11) is 0. The number of fused-ring (bicyclic) bond motifs is 2. The molecule has 7 heteroatoms. The number of aromatic nitrogens is 5. The van der Waals surface area contributed by atoms with Crippen LogP contribution in [-0.4, -0.2) is 24.0 Å². The van der Waals surface area contributed by atoms with Crippen LogP contribution in [0, 0.1) is 19.7 Å². The monoisotopic (exact) mass is 309 g/mol. The third kappa shape index (κ3) is 2.17. The molecule has 114 valence electrons. The third-order valence-electron chi connectivity index (χ3n) is 3.61. The first kappa shape index (κ1) is 13.6. The lowest BCUT2D eigenvalue weighted by Gasteiger charge is -2.06. The number of imidazole rings is 1. The van der Waals surface area contributed by atoms with Crippen molar-refractivity contribution in [2.45, 2.75) is 13.8 Å². The summed E-state index contributed by atoms with van der Waals surface area (Å²) >= 11 is 0. The molecule has 0 saturated heterocycles. The Labute approximate surface area is 129 Å². The predicted molar refractivity (Wildman–Crippen MR) is 82.9 cm³/mol. The fourth-order valence-electron chi connectivity index (χ4n) is 2.59. The quantitative estimate of drug-likeness (QED) is 0.540. The predicted octanol–water partition coefficient (Wildman–Crippen LogP) is 2.16. The van der Waals surface area contributed by atoms with Gasteiger partial charge in [0.15, 0.2) is 5.65 Å². The van der Waals surface area contributed by atoms with E-state index in [-0.39, 0.29) is 5.56 Å². The van der Waals surface area contributed by atoms with Gasteiger partial charge in [-0.1, -0.05) is 0 Å². The summed E-state index contributed by atoms with van der Waals surface area (Å²) in [5.41, 5.74) is 3.23. The minimum atomic E-state index is -0.472. The van der Waals surface area contributed by atoms with E-state index < -0.39 is 5.82 Å². The highest BCUT2D eigenvalue weighted by Crippen LogP contribution is 2.16. The molecule has 0 N–H and O–H groups in total. The molecule has 0 saturated carbocycles. The van der Waals surface area contributed by atoms with E-state index in [0.29, 0.717) is 22.6 Å². The van der Waals surface area contributed by atoms with E-state index >= 15 is 0 Å². The van der Waals surface area contributed by atoms with Crippen molar-refractivity contribution in [1.29, 1.82) is 0 Å². The molecule has 0 radical (unpaired) electrons. The molecular formula is C16H12FN5O. The summed E-state index contributed by atoms with van der Waals surface area (Å²) in [5, 5.41) is 4.43. The Kier molecular flexibility index (Phi) is 2.77. The van der Waals surface area contributed by atoms with Crippen molar-refractivity contribution < 1.29 is 4.39 Å². The molecule has 0 fully saturated rings. The number of aryl methyl sites for hydroxylation is 2. The van der Waals surface area contributed by atoms with Crippen molar-refractivity contribution in [3.05, 3.63) is 64.1 Å². The average molecular weight is 309 g/mol. The summed E-state index contributed by atoms with van der Waals surface area (Å²) < 4.78 is 16.3. The van der Waals surface area contributed by atoms with E-state index in [2.05, 4.69) is 15.1 Å². The van der Waals surface area contributed by atoms with Crippen LogP contribution >= 0.6 is 0 Å². The molecule has 4 aromatic rings. The zero-order valence-electron chi connectivity index (χ0n) is 12.5. The lowest BCUT2D eigenvalue weighted by Crippen LogP contribution is -2.16. The molecule has 0 bridgehead atoms. The van der Waals surface area contributed by atoms with Gasteiger partial charge in [-0.05, 0) is 37.6 Å². The molecule has 0 amide bonds. The van der Waals surface area contributed by atoms with Gasteiger partial charge in [0.2, 0.25) is 0 Å². The fourth-order valence-corrected chi connectivity index (χ4v) is 2.59. The third-order valence-corrected chi connectivity index (χ3v) is 3.61. The smallest absolute Gasteiger partial charge is 0.258 e. The van der Waals surface area contributed by atoms with Crippen molar-refractivity contribution in [1.82, 2.24) is 24.0 Å². The molecule has 0 unspecified atom stereocenters. The van der Waals surface area contributed by atoms with E-state index in [1.165, 1.54) is 16.5 Å². The Bertz CT molecular complexity index is 1130. The minimum Gasteiger partial charge on any atom is -0.269 e. The highest BCUT2D eigenvalue weighted by molar-refractivity contribution is 5.60. The van der Waals surface area contributed by atoms with Crippen molar-refractivity contribution in [3.63, 3.8) is 0 Å². The molecular weight excluding hydrogens is 297 g/mol. The fraction of sp³-hybridized carbons (Fsp3) is 0.125. The summed E-state index contributed by atoms with van der Waals surface area (Å²) in [6.07, 6.45) is 2.94. The molecule has 0 aliphatic rings. The molecule has 4 heterocycles. The van der Waals surface area contributed by atoms with Gasteiger partial charge in [-0.2, -0.15) is 5.10 Å². The van der Waals surface area contributed by atoms with Gasteiger partial charge in [-0.3, -0.25) is 9.20 Å². The van der Waals surface area contributed by atoms with E-state index in [1.54, 1.807) is 23.7 Å². The number of rotatable bonds is 1. The molecule has 0 aliphatic carbocycles. The first-order valence-electron chi connectivity index (χ1n) is 7.04. The van der Waals surface area contributed by atoms with Crippen LogP contribution in [0.3, 0.4) is 0 Å². The second-order valence-corrected chi connectivity index (χ2v) is 5.42. The van der Waals surface area contributed by atoms with Gasteiger partial charge in [-0.15, -0.1) is 0 Å². The Balaban J connectivity index is 1.98. The van der Waals surface area contributed by atoms with Gasteiger partial charge in [0, 0.05) is 12.3 Å². The molecule has 0 spiro atoms. The van der Waals surface area contributed by atoms with Crippen LogP contribution in [0.2, 0.25) is 0 Å². The Morgan fingerprint density at radius 3 is 2.70 bits per heavy atom. The number of halogens is 1. The molecule has 6 nitrogen and oxygen atoms in total. The van der Waals surface area contributed by atoms with Crippen LogP contribution in [0.15, 0.2) is 41.5 Å². The largest absolute Gasteiger partial charge is 0.269 e. The summed E-state index contributed by atoms with van der Waals surface area (Å²) in [4.78, 5) is 21.0. The number of nitrogens with zero attached hydrogens (tertiary/aromatic N) is 5. The Hall–Kier alpha value is -3.09. The van der Waals surface area contributed by atoms with Crippen LogP contribution in [-0.2, 0) is 0 Å². The molecule has 0 aliphatic heterocycles. The van der Waals surface area contributed by atoms with Crippen LogP contribution < -0.4 is 5.56 Å². The van der Waals surface area contributed by atoms with Crippen molar-refractivity contribution in [2.24, 2.45) is 0 Å². The SMILES string of the molecule is Cc1cn2nc(-c3cc(=O)n4cc(F)cc(C)c4n3)ccc2n1. The van der Waals surface area contributed by atoms with Gasteiger partial charge >= 0.3 is 0 Å². The van der Waals surface area contributed by atoms with Gasteiger partial charge in [0.1, 0.15) is 17.2 Å². The van der Waals surface area contributed by atoms with Gasteiger partial charge in [0.25, 0.3) is 5.56 Å².